The second-order valence-corrected chi connectivity index (χ2v) is 13.1. The Morgan fingerprint density at radius 1 is 0.857 bits per heavy atom. The molecule has 1 atom stereocenters. The van der Waals surface area contributed by atoms with E-state index in [0.29, 0.717) is 42.8 Å². The van der Waals surface area contributed by atoms with E-state index in [1.54, 1.807) is 0 Å². The van der Waals surface area contributed by atoms with Crippen molar-refractivity contribution in [3.63, 3.8) is 0 Å². The van der Waals surface area contributed by atoms with Gasteiger partial charge in [0.1, 0.15) is 5.75 Å². The van der Waals surface area contributed by atoms with Crippen molar-refractivity contribution in [1.29, 1.82) is 0 Å². The summed E-state index contributed by atoms with van der Waals surface area (Å²) < 4.78 is 5.70. The zero-order valence-electron chi connectivity index (χ0n) is 28.6. The molecule has 0 aliphatic heterocycles. The maximum atomic E-state index is 12.4. The molecule has 0 bridgehead atoms. The van der Waals surface area contributed by atoms with Crippen LogP contribution in [0.15, 0.2) is 97.6 Å². The van der Waals surface area contributed by atoms with Crippen molar-refractivity contribution in [3.05, 3.63) is 114 Å². The molecule has 0 fully saturated rings. The molecule has 0 spiro atoms. The summed E-state index contributed by atoms with van der Waals surface area (Å²) >= 11 is 11.8. The number of likely N-dealkylation sites (N-methyl/N-ethyl adjacent to an activating group) is 1. The van der Waals surface area contributed by atoms with E-state index in [1.807, 2.05) is 60.7 Å². The first-order valence-electron chi connectivity index (χ1n) is 16.8. The van der Waals surface area contributed by atoms with Crippen molar-refractivity contribution < 1.29 is 9.53 Å². The molecule has 0 aliphatic rings. The van der Waals surface area contributed by atoms with Gasteiger partial charge in [0.25, 0.3) is 5.91 Å². The third kappa shape index (κ3) is 11.2. The van der Waals surface area contributed by atoms with Crippen LogP contribution in [0.2, 0.25) is 0 Å². The van der Waals surface area contributed by atoms with E-state index in [0.717, 1.165) is 65.1 Å². The molecule has 1 amide bonds. The minimum atomic E-state index is -0.150. The van der Waals surface area contributed by atoms with Gasteiger partial charge in [-0.3, -0.25) is 4.79 Å². The SMILES string of the molecule is C=C(c1ccccc1)c1cc(N)ccc1-c1ccc(N)cc1C(C)CCCN(C)CCNC(=O)COc1ccc(N(CCCl)CCCl)cc1. The Labute approximate surface area is 301 Å². The Morgan fingerprint density at radius 2 is 1.51 bits per heavy atom. The lowest BCUT2D eigenvalue weighted by atomic mass is 9.84. The summed E-state index contributed by atoms with van der Waals surface area (Å²) in [5.41, 5.74) is 21.5. The lowest BCUT2D eigenvalue weighted by Crippen LogP contribution is -2.35. The molecular formula is C40H49Cl2N5O2. The number of nitrogens with two attached hydrogens (primary N) is 2. The molecule has 4 aromatic carbocycles. The molecule has 0 saturated heterocycles. The van der Waals surface area contributed by atoms with Gasteiger partial charge in [0.15, 0.2) is 6.61 Å². The molecule has 9 heteroatoms. The van der Waals surface area contributed by atoms with Crippen LogP contribution < -0.4 is 26.4 Å². The van der Waals surface area contributed by atoms with E-state index in [9.17, 15) is 4.79 Å². The number of nitrogen functional groups attached to an aromatic ring is 2. The normalized spacial score (nSPS) is 11.7. The van der Waals surface area contributed by atoms with E-state index < -0.39 is 0 Å². The Kier molecular flexibility index (Phi) is 14.7. The fraction of sp³-hybridized carbons (Fsp3) is 0.325. The Morgan fingerprint density at radius 3 is 2.18 bits per heavy atom. The maximum absolute atomic E-state index is 12.4. The van der Waals surface area contributed by atoms with Crippen molar-refractivity contribution >= 4 is 51.7 Å². The molecule has 7 nitrogen and oxygen atoms in total. The highest BCUT2D eigenvalue weighted by Crippen LogP contribution is 2.39. The third-order valence-electron chi connectivity index (χ3n) is 8.66. The van der Waals surface area contributed by atoms with E-state index in [4.69, 9.17) is 39.4 Å². The Balaban J connectivity index is 1.26. The number of amides is 1. The predicted molar refractivity (Wildman–Crippen MR) is 209 cm³/mol. The Bertz CT molecular complexity index is 1640. The van der Waals surface area contributed by atoms with Crippen LogP contribution >= 0.6 is 23.2 Å². The van der Waals surface area contributed by atoms with E-state index >= 15 is 0 Å². The lowest BCUT2D eigenvalue weighted by Gasteiger charge is -2.23. The van der Waals surface area contributed by atoms with Gasteiger partial charge in [-0.05, 0) is 114 Å². The highest BCUT2D eigenvalue weighted by atomic mass is 35.5. The van der Waals surface area contributed by atoms with E-state index in [2.05, 4.69) is 66.0 Å². The van der Waals surface area contributed by atoms with Crippen molar-refractivity contribution in [2.24, 2.45) is 0 Å². The van der Waals surface area contributed by atoms with Gasteiger partial charge in [-0.2, -0.15) is 0 Å². The quantitative estimate of drug-likeness (QED) is 0.0680. The van der Waals surface area contributed by atoms with Crippen LogP contribution in [-0.2, 0) is 4.79 Å². The summed E-state index contributed by atoms with van der Waals surface area (Å²) in [4.78, 5) is 16.8. The molecule has 0 aliphatic carbocycles. The highest BCUT2D eigenvalue weighted by Gasteiger charge is 2.18. The first kappa shape index (κ1) is 37.6. The molecule has 0 saturated carbocycles. The van der Waals surface area contributed by atoms with Crippen molar-refractivity contribution in [1.82, 2.24) is 10.2 Å². The fourth-order valence-electron chi connectivity index (χ4n) is 5.92. The average molecular weight is 703 g/mol. The van der Waals surface area contributed by atoms with Crippen molar-refractivity contribution in [2.45, 2.75) is 25.7 Å². The van der Waals surface area contributed by atoms with Crippen LogP contribution in [0, 0.1) is 0 Å². The van der Waals surface area contributed by atoms with Gasteiger partial charge in [0.2, 0.25) is 0 Å². The number of ether oxygens (including phenoxy) is 1. The minimum Gasteiger partial charge on any atom is -0.484 e. The number of halogens is 2. The number of benzene rings is 4. The van der Waals surface area contributed by atoms with Gasteiger partial charge in [-0.25, -0.2) is 0 Å². The molecule has 5 N–H and O–H groups in total. The molecule has 0 radical (unpaired) electrons. The van der Waals surface area contributed by atoms with Crippen LogP contribution in [0.3, 0.4) is 0 Å². The van der Waals surface area contributed by atoms with Crippen molar-refractivity contribution in [2.75, 3.05) is 74.5 Å². The number of alkyl halides is 2. The number of carbonyl (C=O) groups is 1. The number of carbonyl (C=O) groups excluding carboxylic acids is 1. The number of hydrogen-bond donors (Lipinski definition) is 3. The molecule has 4 rings (SSSR count). The number of rotatable bonds is 19. The first-order chi connectivity index (χ1) is 23.7. The standard InChI is InChI=1S/C40H49Cl2N5O2/c1-29(38-26-32(43)11-17-36(38)37-18-12-33(44)27-39(37)30(2)31-9-5-4-6-10-31)8-7-22-46(3)25-21-45-40(48)28-49-35-15-13-34(14-16-35)47(23-19-41)24-20-42/h4-6,9-18,26-27,29H,2,7-8,19-25,28,43-44H2,1,3H3,(H,45,48). The smallest absolute Gasteiger partial charge is 0.257 e. The molecule has 0 aromatic heterocycles. The molecule has 1 unspecified atom stereocenters. The molecule has 260 valence electrons. The van der Waals surface area contributed by atoms with E-state index in [1.165, 1.54) is 5.56 Å². The molecule has 49 heavy (non-hydrogen) atoms. The fourth-order valence-corrected chi connectivity index (χ4v) is 6.33. The second-order valence-electron chi connectivity index (χ2n) is 12.3. The number of nitrogens with one attached hydrogen (secondary N) is 1. The van der Waals surface area contributed by atoms with Gasteiger partial charge in [-0.1, -0.05) is 56.0 Å². The summed E-state index contributed by atoms with van der Waals surface area (Å²) in [6.45, 7) is 10.3. The summed E-state index contributed by atoms with van der Waals surface area (Å²) in [6.07, 6.45) is 1.98. The summed E-state index contributed by atoms with van der Waals surface area (Å²) in [5, 5.41) is 2.96. The highest BCUT2D eigenvalue weighted by molar-refractivity contribution is 6.18. The van der Waals surface area contributed by atoms with Gasteiger partial charge < -0.3 is 31.3 Å². The average Bonchev–Trinajstić information content (AvgIpc) is 3.11. The Hall–Kier alpha value is -4.17. The van der Waals surface area contributed by atoms with E-state index in [-0.39, 0.29) is 18.4 Å². The monoisotopic (exact) mass is 701 g/mol. The number of hydrogen-bond acceptors (Lipinski definition) is 6. The van der Waals surface area contributed by atoms with Gasteiger partial charge >= 0.3 is 0 Å². The summed E-state index contributed by atoms with van der Waals surface area (Å²) in [7, 11) is 2.08. The lowest BCUT2D eigenvalue weighted by molar-refractivity contribution is -0.123. The van der Waals surface area contributed by atoms with Crippen molar-refractivity contribution in [3.8, 4) is 16.9 Å². The molecule has 4 aromatic rings. The number of anilines is 3. The maximum Gasteiger partial charge on any atom is 0.257 e. The summed E-state index contributed by atoms with van der Waals surface area (Å²) in [5.74, 6) is 1.80. The first-order valence-corrected chi connectivity index (χ1v) is 17.9. The molecule has 0 heterocycles. The minimum absolute atomic E-state index is 0.0371. The van der Waals surface area contributed by atoms with Crippen LogP contribution in [0.25, 0.3) is 16.7 Å². The van der Waals surface area contributed by atoms with Gasteiger partial charge in [-0.15, -0.1) is 23.2 Å². The van der Waals surface area contributed by atoms with Crippen LogP contribution in [0.4, 0.5) is 17.1 Å². The second kappa shape index (κ2) is 19.1. The van der Waals surface area contributed by atoms with Crippen LogP contribution in [0.1, 0.15) is 42.4 Å². The zero-order chi connectivity index (χ0) is 35.2. The third-order valence-corrected chi connectivity index (χ3v) is 9.00. The predicted octanol–water partition coefficient (Wildman–Crippen LogP) is 7.87. The zero-order valence-corrected chi connectivity index (χ0v) is 30.1. The topological polar surface area (TPSA) is 96.8 Å². The van der Waals surface area contributed by atoms with Crippen LogP contribution in [0.5, 0.6) is 5.75 Å². The summed E-state index contributed by atoms with van der Waals surface area (Å²) in [6, 6.07) is 30.0. The van der Waals surface area contributed by atoms with Crippen LogP contribution in [-0.4, -0.2) is 68.9 Å². The largest absolute Gasteiger partial charge is 0.484 e. The van der Waals surface area contributed by atoms with Gasteiger partial charge in [0, 0.05) is 55.0 Å². The van der Waals surface area contributed by atoms with Gasteiger partial charge in [0.05, 0.1) is 0 Å². The molecular weight excluding hydrogens is 653 g/mol. The number of nitrogens with zero attached hydrogens (tertiary/aromatic N) is 2.